The molecule has 0 fully saturated rings. The molecule has 0 saturated carbocycles. The van der Waals surface area contributed by atoms with Crippen LogP contribution in [0.3, 0.4) is 0 Å². The van der Waals surface area contributed by atoms with E-state index in [1.165, 1.54) is 17.4 Å². The van der Waals surface area contributed by atoms with Gasteiger partial charge in [0.25, 0.3) is 10.0 Å². The van der Waals surface area contributed by atoms with Crippen molar-refractivity contribution in [1.82, 2.24) is 0 Å². The van der Waals surface area contributed by atoms with E-state index >= 15 is 0 Å². The molecule has 0 bridgehead atoms. The van der Waals surface area contributed by atoms with Crippen molar-refractivity contribution in [3.05, 3.63) is 44.6 Å². The standard InChI is InChI=1S/C11H9BrF2N2O2S2/c12-6-3-8(14)9(4-7(6)13)16-20(17,18)11-1-2-19-10(11)5-15/h1-4,16H,5,15H2. The Hall–Kier alpha value is -1.03. The number of nitrogens with two attached hydrogens (primary N) is 1. The summed E-state index contributed by atoms with van der Waals surface area (Å²) in [7, 11) is -4.01. The van der Waals surface area contributed by atoms with E-state index in [1.54, 1.807) is 5.38 Å². The molecule has 0 atom stereocenters. The second kappa shape index (κ2) is 5.76. The van der Waals surface area contributed by atoms with Crippen LogP contribution < -0.4 is 10.5 Å². The van der Waals surface area contributed by atoms with E-state index in [4.69, 9.17) is 5.73 Å². The highest BCUT2D eigenvalue weighted by atomic mass is 79.9. The van der Waals surface area contributed by atoms with Gasteiger partial charge >= 0.3 is 0 Å². The molecule has 4 nitrogen and oxygen atoms in total. The maximum absolute atomic E-state index is 13.6. The van der Waals surface area contributed by atoms with Crippen molar-refractivity contribution in [3.63, 3.8) is 0 Å². The monoisotopic (exact) mass is 382 g/mol. The molecule has 1 aromatic heterocycles. The Kier molecular flexibility index (Phi) is 4.43. The summed E-state index contributed by atoms with van der Waals surface area (Å²) in [6.07, 6.45) is 0. The maximum atomic E-state index is 13.6. The summed E-state index contributed by atoms with van der Waals surface area (Å²) in [5, 5.41) is 1.56. The lowest BCUT2D eigenvalue weighted by molar-refractivity contribution is 0.591. The van der Waals surface area contributed by atoms with E-state index in [2.05, 4.69) is 15.9 Å². The smallest absolute Gasteiger partial charge is 0.263 e. The zero-order chi connectivity index (χ0) is 14.9. The quantitative estimate of drug-likeness (QED) is 0.798. The van der Waals surface area contributed by atoms with E-state index in [0.717, 1.165) is 12.1 Å². The predicted molar refractivity (Wildman–Crippen MR) is 77.1 cm³/mol. The van der Waals surface area contributed by atoms with Gasteiger partial charge < -0.3 is 5.73 Å². The Morgan fingerprint density at radius 3 is 2.65 bits per heavy atom. The molecule has 0 unspecified atom stereocenters. The minimum Gasteiger partial charge on any atom is -0.326 e. The fraction of sp³-hybridized carbons (Fsp3) is 0.0909. The molecule has 0 spiro atoms. The number of hydrogen-bond donors (Lipinski definition) is 2. The summed E-state index contributed by atoms with van der Waals surface area (Å²) >= 11 is 3.99. The highest BCUT2D eigenvalue weighted by molar-refractivity contribution is 9.10. The van der Waals surface area contributed by atoms with E-state index in [1.807, 2.05) is 4.72 Å². The number of thiophene rings is 1. The van der Waals surface area contributed by atoms with Gasteiger partial charge in [-0.1, -0.05) is 0 Å². The molecule has 2 rings (SSSR count). The fourth-order valence-electron chi connectivity index (χ4n) is 1.52. The fourth-order valence-corrected chi connectivity index (χ4v) is 4.23. The molecule has 1 aromatic carbocycles. The Bertz CT molecular complexity index is 747. The van der Waals surface area contributed by atoms with Crippen LogP contribution in [0, 0.1) is 11.6 Å². The number of hydrogen-bond acceptors (Lipinski definition) is 4. The highest BCUT2D eigenvalue weighted by Gasteiger charge is 2.21. The van der Waals surface area contributed by atoms with Gasteiger partial charge in [-0.25, -0.2) is 17.2 Å². The number of benzene rings is 1. The van der Waals surface area contributed by atoms with Gasteiger partial charge in [0.15, 0.2) is 0 Å². The van der Waals surface area contributed by atoms with Crippen molar-refractivity contribution in [3.8, 4) is 0 Å². The number of sulfonamides is 1. The summed E-state index contributed by atoms with van der Waals surface area (Å²) in [6, 6.07) is 2.98. The Morgan fingerprint density at radius 1 is 1.30 bits per heavy atom. The van der Waals surface area contributed by atoms with E-state index < -0.39 is 27.3 Å². The number of nitrogens with one attached hydrogen (secondary N) is 1. The minimum atomic E-state index is -4.01. The summed E-state index contributed by atoms with van der Waals surface area (Å²) < 4.78 is 53.2. The molecule has 0 aliphatic heterocycles. The third-order valence-electron chi connectivity index (χ3n) is 2.43. The molecule has 108 valence electrons. The first kappa shape index (κ1) is 15.4. The van der Waals surface area contributed by atoms with Crippen LogP contribution in [0.2, 0.25) is 0 Å². The predicted octanol–water partition coefficient (Wildman–Crippen LogP) is 3.05. The van der Waals surface area contributed by atoms with E-state index in [-0.39, 0.29) is 15.9 Å². The molecule has 20 heavy (non-hydrogen) atoms. The Morgan fingerprint density at radius 2 is 2.00 bits per heavy atom. The SMILES string of the molecule is NCc1sccc1S(=O)(=O)Nc1cc(F)c(Br)cc1F. The largest absolute Gasteiger partial charge is 0.326 e. The third-order valence-corrected chi connectivity index (χ3v) is 5.56. The van der Waals surface area contributed by atoms with Crippen molar-refractivity contribution in [2.24, 2.45) is 5.73 Å². The van der Waals surface area contributed by atoms with Crippen LogP contribution in [0.4, 0.5) is 14.5 Å². The van der Waals surface area contributed by atoms with Crippen molar-refractivity contribution < 1.29 is 17.2 Å². The molecule has 1 heterocycles. The van der Waals surface area contributed by atoms with Crippen LogP contribution in [0.15, 0.2) is 32.9 Å². The Labute approximate surface area is 126 Å². The number of halogens is 3. The van der Waals surface area contributed by atoms with Crippen LogP contribution in [0.25, 0.3) is 0 Å². The van der Waals surface area contributed by atoms with Crippen LogP contribution >= 0.6 is 27.3 Å². The molecular formula is C11H9BrF2N2O2S2. The van der Waals surface area contributed by atoms with Gasteiger partial charge in [-0.2, -0.15) is 0 Å². The molecule has 0 amide bonds. The van der Waals surface area contributed by atoms with Gasteiger partial charge in [0.1, 0.15) is 16.5 Å². The van der Waals surface area contributed by atoms with Gasteiger partial charge in [0.05, 0.1) is 10.2 Å². The van der Waals surface area contributed by atoms with Crippen LogP contribution in [0.1, 0.15) is 4.88 Å². The second-order valence-electron chi connectivity index (χ2n) is 3.76. The van der Waals surface area contributed by atoms with Gasteiger partial charge in [-0.05, 0) is 33.4 Å². The number of anilines is 1. The maximum Gasteiger partial charge on any atom is 0.263 e. The topological polar surface area (TPSA) is 72.2 Å². The summed E-state index contributed by atoms with van der Waals surface area (Å²) in [5.74, 6) is -1.65. The van der Waals surface area contributed by atoms with Crippen LogP contribution in [-0.2, 0) is 16.6 Å². The molecule has 0 saturated heterocycles. The van der Waals surface area contributed by atoms with Crippen molar-refractivity contribution in [2.45, 2.75) is 11.4 Å². The highest BCUT2D eigenvalue weighted by Crippen LogP contribution is 2.27. The molecule has 0 radical (unpaired) electrons. The molecular weight excluding hydrogens is 374 g/mol. The Balaban J connectivity index is 2.41. The third kappa shape index (κ3) is 3.00. The number of rotatable bonds is 4. The zero-order valence-corrected chi connectivity index (χ0v) is 13.1. The van der Waals surface area contributed by atoms with Crippen LogP contribution in [-0.4, -0.2) is 8.42 Å². The van der Waals surface area contributed by atoms with Crippen molar-refractivity contribution in [2.75, 3.05) is 4.72 Å². The zero-order valence-electron chi connectivity index (χ0n) is 9.86. The van der Waals surface area contributed by atoms with E-state index in [0.29, 0.717) is 4.88 Å². The molecule has 9 heteroatoms. The second-order valence-corrected chi connectivity index (χ2v) is 7.27. The first-order valence-corrected chi connectivity index (χ1v) is 8.44. The molecule has 3 N–H and O–H groups in total. The lowest BCUT2D eigenvalue weighted by Gasteiger charge is -2.10. The van der Waals surface area contributed by atoms with Gasteiger partial charge in [-0.3, -0.25) is 4.72 Å². The lowest BCUT2D eigenvalue weighted by Crippen LogP contribution is -2.15. The molecule has 0 aliphatic carbocycles. The van der Waals surface area contributed by atoms with Crippen molar-refractivity contribution >= 4 is 43.0 Å². The summed E-state index contributed by atoms with van der Waals surface area (Å²) in [4.78, 5) is 0.406. The average Bonchev–Trinajstić information content (AvgIpc) is 2.84. The van der Waals surface area contributed by atoms with Gasteiger partial charge in [-0.15, -0.1) is 11.3 Å². The normalized spacial score (nSPS) is 11.6. The molecule has 2 aromatic rings. The minimum absolute atomic E-state index is 0.0345. The van der Waals surface area contributed by atoms with Crippen molar-refractivity contribution in [1.29, 1.82) is 0 Å². The lowest BCUT2D eigenvalue weighted by atomic mass is 10.3. The van der Waals surface area contributed by atoms with Crippen LogP contribution in [0.5, 0.6) is 0 Å². The van der Waals surface area contributed by atoms with Gasteiger partial charge in [0.2, 0.25) is 0 Å². The first-order chi connectivity index (χ1) is 9.35. The average molecular weight is 383 g/mol. The van der Waals surface area contributed by atoms with E-state index in [9.17, 15) is 17.2 Å². The van der Waals surface area contributed by atoms with Gasteiger partial charge in [0, 0.05) is 17.5 Å². The summed E-state index contributed by atoms with van der Waals surface area (Å²) in [6.45, 7) is 0.0467. The summed E-state index contributed by atoms with van der Waals surface area (Å²) in [5.41, 5.74) is 4.98. The first-order valence-electron chi connectivity index (χ1n) is 5.29. The molecule has 0 aliphatic rings.